The summed E-state index contributed by atoms with van der Waals surface area (Å²) in [4.78, 5) is 15.1. The van der Waals surface area contributed by atoms with Crippen LogP contribution in [0.4, 0.5) is 0 Å². The summed E-state index contributed by atoms with van der Waals surface area (Å²) in [5.74, 6) is -0.101. The summed E-state index contributed by atoms with van der Waals surface area (Å²) in [7, 11) is -1.73. The molecule has 1 atom stereocenters. The molecule has 2 heterocycles. The number of halogens is 1. The number of likely N-dealkylation sites (N-methyl/N-ethyl adjacent to an activating group) is 1. The fourth-order valence-electron chi connectivity index (χ4n) is 3.73. The van der Waals surface area contributed by atoms with E-state index < -0.39 is 10.0 Å². The zero-order valence-corrected chi connectivity index (χ0v) is 18.2. The van der Waals surface area contributed by atoms with Gasteiger partial charge in [-0.15, -0.1) is 12.4 Å². The number of ether oxygens (including phenoxy) is 1. The predicted octanol–water partition coefficient (Wildman–Crippen LogP) is 1.52. The number of amides is 1. The van der Waals surface area contributed by atoms with Gasteiger partial charge in [0.2, 0.25) is 10.0 Å². The molecule has 7 nitrogen and oxygen atoms in total. The van der Waals surface area contributed by atoms with Gasteiger partial charge in [0.25, 0.3) is 5.91 Å². The Balaban J connectivity index is 0.00000280. The standard InChI is InChI=1S/C19H29N3O4S.ClH/c1-3-15-6-7-16(19(23)21-8-4-5-17(14-21)20-2)13-18(15)27(24,25)22-9-11-26-12-10-22;/h6-7,13,17,20H,3-5,8-12,14H2,1-2H3;1H. The molecule has 2 saturated heterocycles. The molecule has 0 spiro atoms. The lowest BCUT2D eigenvalue weighted by Gasteiger charge is -2.33. The maximum Gasteiger partial charge on any atom is 0.253 e. The van der Waals surface area contributed by atoms with E-state index in [2.05, 4.69) is 5.32 Å². The molecule has 1 unspecified atom stereocenters. The van der Waals surface area contributed by atoms with Crippen LogP contribution >= 0.6 is 12.4 Å². The van der Waals surface area contributed by atoms with Crippen molar-refractivity contribution in [3.05, 3.63) is 29.3 Å². The van der Waals surface area contributed by atoms with Crippen LogP contribution in [0.2, 0.25) is 0 Å². The summed E-state index contributed by atoms with van der Waals surface area (Å²) in [5, 5.41) is 3.23. The van der Waals surface area contributed by atoms with Crippen molar-refractivity contribution in [1.29, 1.82) is 0 Å². The Bertz CT molecular complexity index is 781. The Kier molecular flexibility index (Phi) is 8.27. The first-order chi connectivity index (χ1) is 13.0. The Morgan fingerprint density at radius 2 is 1.96 bits per heavy atom. The highest BCUT2D eigenvalue weighted by molar-refractivity contribution is 7.89. The molecule has 1 amide bonds. The number of nitrogens with one attached hydrogen (secondary N) is 1. The number of morpholine rings is 1. The van der Waals surface area contributed by atoms with E-state index in [0.29, 0.717) is 51.4 Å². The van der Waals surface area contributed by atoms with Crippen LogP contribution in [0.5, 0.6) is 0 Å². The number of likely N-dealkylation sites (tertiary alicyclic amines) is 1. The highest BCUT2D eigenvalue weighted by Gasteiger charge is 2.30. The number of carbonyl (C=O) groups is 1. The zero-order chi connectivity index (χ0) is 19.4. The molecule has 0 aromatic heterocycles. The molecule has 1 aromatic carbocycles. The minimum atomic E-state index is -3.64. The third-order valence-electron chi connectivity index (χ3n) is 5.40. The first-order valence-electron chi connectivity index (χ1n) is 9.64. The number of hydrogen-bond acceptors (Lipinski definition) is 5. The van der Waals surface area contributed by atoms with Crippen LogP contribution in [0.15, 0.2) is 23.1 Å². The van der Waals surface area contributed by atoms with Gasteiger partial charge in [0.15, 0.2) is 0 Å². The molecule has 0 saturated carbocycles. The van der Waals surface area contributed by atoms with Gasteiger partial charge in [-0.05, 0) is 44.0 Å². The largest absolute Gasteiger partial charge is 0.379 e. The normalized spacial score (nSPS) is 21.2. The molecule has 28 heavy (non-hydrogen) atoms. The molecular weight excluding hydrogens is 402 g/mol. The van der Waals surface area contributed by atoms with Gasteiger partial charge >= 0.3 is 0 Å². The molecule has 158 valence electrons. The van der Waals surface area contributed by atoms with Crippen LogP contribution in [0.3, 0.4) is 0 Å². The minimum Gasteiger partial charge on any atom is -0.379 e. The van der Waals surface area contributed by atoms with Gasteiger partial charge in [-0.1, -0.05) is 13.0 Å². The van der Waals surface area contributed by atoms with Crippen molar-refractivity contribution in [3.63, 3.8) is 0 Å². The molecule has 0 bridgehead atoms. The van der Waals surface area contributed by atoms with E-state index >= 15 is 0 Å². The molecular formula is C19H30ClN3O4S. The van der Waals surface area contributed by atoms with E-state index in [4.69, 9.17) is 4.74 Å². The maximum atomic E-state index is 13.2. The summed E-state index contributed by atoms with van der Waals surface area (Å²) < 4.78 is 33.0. The minimum absolute atomic E-state index is 0. The lowest BCUT2D eigenvalue weighted by atomic mass is 10.0. The Morgan fingerprint density at radius 1 is 1.25 bits per heavy atom. The van der Waals surface area contributed by atoms with Crippen molar-refractivity contribution in [3.8, 4) is 0 Å². The number of hydrogen-bond donors (Lipinski definition) is 1. The van der Waals surface area contributed by atoms with Crippen molar-refractivity contribution in [2.24, 2.45) is 0 Å². The molecule has 0 aliphatic carbocycles. The number of carbonyl (C=O) groups excluding carboxylic acids is 1. The number of nitrogens with zero attached hydrogens (tertiary/aromatic N) is 2. The highest BCUT2D eigenvalue weighted by atomic mass is 35.5. The van der Waals surface area contributed by atoms with Gasteiger partial charge in [0.1, 0.15) is 0 Å². The van der Waals surface area contributed by atoms with Crippen molar-refractivity contribution in [2.45, 2.75) is 37.1 Å². The molecule has 0 radical (unpaired) electrons. The van der Waals surface area contributed by atoms with E-state index in [1.807, 2.05) is 18.9 Å². The van der Waals surface area contributed by atoms with E-state index in [0.717, 1.165) is 18.4 Å². The van der Waals surface area contributed by atoms with E-state index in [1.54, 1.807) is 18.2 Å². The van der Waals surface area contributed by atoms with Crippen molar-refractivity contribution in [1.82, 2.24) is 14.5 Å². The summed E-state index contributed by atoms with van der Waals surface area (Å²) in [6, 6.07) is 5.38. The van der Waals surface area contributed by atoms with Gasteiger partial charge in [0, 0.05) is 37.8 Å². The van der Waals surface area contributed by atoms with Gasteiger partial charge < -0.3 is 15.0 Å². The highest BCUT2D eigenvalue weighted by Crippen LogP contribution is 2.25. The number of aryl methyl sites for hydroxylation is 1. The van der Waals surface area contributed by atoms with Crippen LogP contribution in [0.25, 0.3) is 0 Å². The van der Waals surface area contributed by atoms with Crippen LogP contribution in [-0.4, -0.2) is 76.0 Å². The molecule has 1 N–H and O–H groups in total. The topological polar surface area (TPSA) is 79.0 Å². The van der Waals surface area contributed by atoms with Crippen molar-refractivity contribution in [2.75, 3.05) is 46.4 Å². The molecule has 9 heteroatoms. The fourth-order valence-corrected chi connectivity index (χ4v) is 5.45. The van der Waals surface area contributed by atoms with E-state index in [-0.39, 0.29) is 29.3 Å². The monoisotopic (exact) mass is 431 g/mol. The third kappa shape index (κ3) is 4.86. The lowest BCUT2D eigenvalue weighted by Crippen LogP contribution is -2.47. The molecule has 3 rings (SSSR count). The summed E-state index contributed by atoms with van der Waals surface area (Å²) in [5.41, 5.74) is 1.18. The fraction of sp³-hybridized carbons (Fsp3) is 0.632. The molecule has 2 fully saturated rings. The number of rotatable bonds is 5. The Hall–Kier alpha value is -1.19. The van der Waals surface area contributed by atoms with E-state index in [1.165, 1.54) is 4.31 Å². The van der Waals surface area contributed by atoms with Crippen molar-refractivity contribution >= 4 is 28.3 Å². The summed E-state index contributed by atoms with van der Waals surface area (Å²) in [6.45, 7) is 4.78. The predicted molar refractivity (Wildman–Crippen MR) is 111 cm³/mol. The quantitative estimate of drug-likeness (QED) is 0.764. The Morgan fingerprint density at radius 3 is 2.61 bits per heavy atom. The van der Waals surface area contributed by atoms with E-state index in [9.17, 15) is 13.2 Å². The first-order valence-corrected chi connectivity index (χ1v) is 11.1. The van der Waals surface area contributed by atoms with Gasteiger partial charge in [-0.2, -0.15) is 4.31 Å². The maximum absolute atomic E-state index is 13.2. The second-order valence-corrected chi connectivity index (χ2v) is 8.98. The smallest absolute Gasteiger partial charge is 0.253 e. The van der Waals surface area contributed by atoms with Crippen LogP contribution in [-0.2, 0) is 21.2 Å². The zero-order valence-electron chi connectivity index (χ0n) is 16.5. The third-order valence-corrected chi connectivity index (χ3v) is 7.38. The second kappa shape index (κ2) is 10.0. The average molecular weight is 432 g/mol. The van der Waals surface area contributed by atoms with Crippen LogP contribution < -0.4 is 5.32 Å². The van der Waals surface area contributed by atoms with Gasteiger partial charge in [-0.25, -0.2) is 8.42 Å². The SMILES string of the molecule is CCc1ccc(C(=O)N2CCCC(NC)C2)cc1S(=O)(=O)N1CCOCC1.Cl. The molecule has 1 aromatic rings. The average Bonchev–Trinajstić information content (AvgIpc) is 2.73. The van der Waals surface area contributed by atoms with Crippen LogP contribution in [0.1, 0.15) is 35.7 Å². The second-order valence-electron chi connectivity index (χ2n) is 7.07. The number of benzene rings is 1. The lowest BCUT2D eigenvalue weighted by molar-refractivity contribution is 0.0697. The van der Waals surface area contributed by atoms with Crippen LogP contribution in [0, 0.1) is 0 Å². The summed E-state index contributed by atoms with van der Waals surface area (Å²) >= 11 is 0. The number of piperidine rings is 1. The summed E-state index contributed by atoms with van der Waals surface area (Å²) in [6.07, 6.45) is 2.59. The molecule has 2 aliphatic heterocycles. The molecule has 2 aliphatic rings. The van der Waals surface area contributed by atoms with Crippen molar-refractivity contribution < 1.29 is 17.9 Å². The Labute approximate surface area is 173 Å². The first kappa shape index (κ1) is 23.1. The van der Waals surface area contributed by atoms with Gasteiger partial charge in [0.05, 0.1) is 18.1 Å². The van der Waals surface area contributed by atoms with Gasteiger partial charge in [-0.3, -0.25) is 4.79 Å². The number of sulfonamides is 1.